The Morgan fingerprint density at radius 1 is 1.25 bits per heavy atom. The molecule has 2 rings (SSSR count). The molecule has 1 aliphatic heterocycles. The van der Waals surface area contributed by atoms with E-state index in [1.54, 1.807) is 0 Å². The van der Waals surface area contributed by atoms with Crippen LogP contribution in [0, 0.1) is 5.41 Å². The smallest absolute Gasteiger partial charge is 0.239 e. The minimum Gasteiger partial charge on any atom is -0.339 e. The number of piperazine rings is 1. The van der Waals surface area contributed by atoms with Gasteiger partial charge in [-0.15, -0.1) is 0 Å². The summed E-state index contributed by atoms with van der Waals surface area (Å²) >= 11 is 0. The van der Waals surface area contributed by atoms with Crippen LogP contribution in [0.3, 0.4) is 0 Å². The zero-order valence-electron chi connectivity index (χ0n) is 13.6. The van der Waals surface area contributed by atoms with Gasteiger partial charge in [0.2, 0.25) is 5.91 Å². The van der Waals surface area contributed by atoms with Crippen molar-refractivity contribution in [1.82, 2.24) is 15.1 Å². The standard InChI is InChI=1S/C16H31N3O/c1-13(15(20)19-11-9-17-10-12-19)18(4)14-5-7-16(2,3)8-6-14/h13-14,17H,5-12H2,1-4H3. The van der Waals surface area contributed by atoms with Crippen molar-refractivity contribution in [3.8, 4) is 0 Å². The molecule has 0 aromatic heterocycles. The second kappa shape index (κ2) is 6.44. The fourth-order valence-corrected chi connectivity index (χ4v) is 3.43. The first-order chi connectivity index (χ1) is 9.41. The largest absolute Gasteiger partial charge is 0.339 e. The summed E-state index contributed by atoms with van der Waals surface area (Å²) in [5.41, 5.74) is 0.489. The second-order valence-corrected chi connectivity index (χ2v) is 7.31. The molecule has 2 fully saturated rings. The highest BCUT2D eigenvalue weighted by Crippen LogP contribution is 2.37. The number of carbonyl (C=O) groups is 1. The topological polar surface area (TPSA) is 35.6 Å². The van der Waals surface area contributed by atoms with Crippen LogP contribution < -0.4 is 5.32 Å². The van der Waals surface area contributed by atoms with Gasteiger partial charge in [0.1, 0.15) is 0 Å². The van der Waals surface area contributed by atoms with Crippen molar-refractivity contribution in [2.24, 2.45) is 5.41 Å². The summed E-state index contributed by atoms with van der Waals surface area (Å²) in [5, 5.41) is 3.30. The molecule has 0 bridgehead atoms. The predicted octanol–water partition coefficient (Wildman–Crippen LogP) is 1.71. The van der Waals surface area contributed by atoms with Crippen LogP contribution in [0.4, 0.5) is 0 Å². The van der Waals surface area contributed by atoms with Crippen LogP contribution in [0.1, 0.15) is 46.5 Å². The molecule has 1 aliphatic carbocycles. The predicted molar refractivity (Wildman–Crippen MR) is 82.7 cm³/mol. The Labute approximate surface area is 123 Å². The summed E-state index contributed by atoms with van der Waals surface area (Å²) in [5.74, 6) is 0.304. The van der Waals surface area contributed by atoms with E-state index >= 15 is 0 Å². The maximum absolute atomic E-state index is 12.6. The van der Waals surface area contributed by atoms with Crippen molar-refractivity contribution in [3.63, 3.8) is 0 Å². The van der Waals surface area contributed by atoms with Crippen LogP contribution in [-0.2, 0) is 4.79 Å². The van der Waals surface area contributed by atoms with Crippen LogP contribution in [0.15, 0.2) is 0 Å². The van der Waals surface area contributed by atoms with Crippen molar-refractivity contribution in [1.29, 1.82) is 0 Å². The number of nitrogens with one attached hydrogen (secondary N) is 1. The Morgan fingerprint density at radius 2 is 1.80 bits per heavy atom. The van der Waals surface area contributed by atoms with E-state index in [0.717, 1.165) is 26.2 Å². The average molecular weight is 281 g/mol. The minimum atomic E-state index is 0.0133. The van der Waals surface area contributed by atoms with Crippen molar-refractivity contribution in [3.05, 3.63) is 0 Å². The molecule has 0 spiro atoms. The Morgan fingerprint density at radius 3 is 2.35 bits per heavy atom. The SMILES string of the molecule is CC(C(=O)N1CCNCC1)N(C)C1CCC(C)(C)CC1. The van der Waals surface area contributed by atoms with E-state index in [-0.39, 0.29) is 6.04 Å². The van der Waals surface area contributed by atoms with Crippen LogP contribution in [0.2, 0.25) is 0 Å². The van der Waals surface area contributed by atoms with Crippen LogP contribution in [0.5, 0.6) is 0 Å². The summed E-state index contributed by atoms with van der Waals surface area (Å²) in [6, 6.07) is 0.587. The molecule has 1 unspecified atom stereocenters. The molecule has 2 aliphatic rings. The van der Waals surface area contributed by atoms with Gasteiger partial charge in [0.15, 0.2) is 0 Å². The zero-order valence-corrected chi connectivity index (χ0v) is 13.6. The zero-order chi connectivity index (χ0) is 14.8. The Balaban J connectivity index is 1.88. The molecule has 0 radical (unpaired) electrons. The van der Waals surface area contributed by atoms with Gasteiger partial charge >= 0.3 is 0 Å². The van der Waals surface area contributed by atoms with Gasteiger partial charge in [-0.1, -0.05) is 13.8 Å². The molecule has 4 heteroatoms. The van der Waals surface area contributed by atoms with Crippen LogP contribution in [-0.4, -0.2) is 61.0 Å². The molecule has 1 heterocycles. The third-order valence-corrected chi connectivity index (χ3v) is 5.28. The van der Waals surface area contributed by atoms with Gasteiger partial charge in [-0.05, 0) is 45.1 Å². The van der Waals surface area contributed by atoms with Gasteiger partial charge in [-0.2, -0.15) is 0 Å². The molecular formula is C16H31N3O. The number of amides is 1. The maximum Gasteiger partial charge on any atom is 0.239 e. The van der Waals surface area contributed by atoms with Crippen LogP contribution >= 0.6 is 0 Å². The van der Waals surface area contributed by atoms with E-state index in [0.29, 0.717) is 17.4 Å². The third kappa shape index (κ3) is 3.73. The molecule has 116 valence electrons. The highest BCUT2D eigenvalue weighted by Gasteiger charge is 2.33. The van der Waals surface area contributed by atoms with Gasteiger partial charge in [0.05, 0.1) is 6.04 Å². The number of carbonyl (C=O) groups excluding carboxylic acids is 1. The Hall–Kier alpha value is -0.610. The van der Waals surface area contributed by atoms with Crippen molar-refractivity contribution < 1.29 is 4.79 Å². The maximum atomic E-state index is 12.6. The van der Waals surface area contributed by atoms with Crippen molar-refractivity contribution in [2.45, 2.75) is 58.5 Å². The van der Waals surface area contributed by atoms with E-state index in [9.17, 15) is 4.79 Å². The van der Waals surface area contributed by atoms with Crippen molar-refractivity contribution in [2.75, 3.05) is 33.2 Å². The second-order valence-electron chi connectivity index (χ2n) is 7.31. The average Bonchev–Trinajstić information content (AvgIpc) is 2.46. The molecule has 4 nitrogen and oxygen atoms in total. The molecule has 0 aromatic carbocycles. The normalized spacial score (nSPS) is 25.8. The van der Waals surface area contributed by atoms with Crippen LogP contribution in [0.25, 0.3) is 0 Å². The molecule has 1 saturated carbocycles. The van der Waals surface area contributed by atoms with E-state index in [1.165, 1.54) is 25.7 Å². The van der Waals surface area contributed by atoms with E-state index in [1.807, 2.05) is 4.90 Å². The van der Waals surface area contributed by atoms with Gasteiger partial charge in [0, 0.05) is 32.2 Å². The van der Waals surface area contributed by atoms with Gasteiger partial charge in [0.25, 0.3) is 0 Å². The van der Waals surface area contributed by atoms with Gasteiger partial charge in [-0.3, -0.25) is 9.69 Å². The molecule has 1 atom stereocenters. The fourth-order valence-electron chi connectivity index (χ4n) is 3.43. The number of hydrogen-bond donors (Lipinski definition) is 1. The van der Waals surface area contributed by atoms with Crippen molar-refractivity contribution >= 4 is 5.91 Å². The summed E-state index contributed by atoms with van der Waals surface area (Å²) in [6.45, 7) is 10.4. The summed E-state index contributed by atoms with van der Waals surface area (Å²) in [4.78, 5) is 16.9. The van der Waals surface area contributed by atoms with E-state index < -0.39 is 0 Å². The lowest BCUT2D eigenvalue weighted by atomic mass is 9.75. The summed E-state index contributed by atoms with van der Waals surface area (Å²) in [6.07, 6.45) is 5.00. The monoisotopic (exact) mass is 281 g/mol. The minimum absolute atomic E-state index is 0.0133. The Bertz CT molecular complexity index is 327. The molecular weight excluding hydrogens is 250 g/mol. The number of likely N-dealkylation sites (N-methyl/N-ethyl adjacent to an activating group) is 1. The number of hydrogen-bond acceptors (Lipinski definition) is 3. The summed E-state index contributed by atoms with van der Waals surface area (Å²) < 4.78 is 0. The lowest BCUT2D eigenvalue weighted by molar-refractivity contribution is -0.137. The third-order valence-electron chi connectivity index (χ3n) is 5.28. The highest BCUT2D eigenvalue weighted by molar-refractivity contribution is 5.81. The first-order valence-corrected chi connectivity index (χ1v) is 8.12. The summed E-state index contributed by atoms with van der Waals surface area (Å²) in [7, 11) is 2.13. The lowest BCUT2D eigenvalue weighted by Gasteiger charge is -2.41. The quantitative estimate of drug-likeness (QED) is 0.855. The number of nitrogens with zero attached hydrogens (tertiary/aromatic N) is 2. The van der Waals surface area contributed by atoms with Gasteiger partial charge in [-0.25, -0.2) is 0 Å². The fraction of sp³-hybridized carbons (Fsp3) is 0.938. The van der Waals surface area contributed by atoms with E-state index in [4.69, 9.17) is 0 Å². The van der Waals surface area contributed by atoms with Gasteiger partial charge < -0.3 is 10.2 Å². The number of rotatable bonds is 3. The first-order valence-electron chi connectivity index (χ1n) is 8.12. The molecule has 20 heavy (non-hydrogen) atoms. The molecule has 1 amide bonds. The lowest BCUT2D eigenvalue weighted by Crippen LogP contribution is -2.54. The Kier molecular flexibility index (Phi) is 5.08. The highest BCUT2D eigenvalue weighted by atomic mass is 16.2. The molecule has 0 aromatic rings. The molecule has 1 N–H and O–H groups in total. The molecule has 1 saturated heterocycles. The van der Waals surface area contributed by atoms with E-state index in [2.05, 4.69) is 38.0 Å². The first kappa shape index (κ1) is 15.8.